The van der Waals surface area contributed by atoms with Crippen molar-refractivity contribution in [2.24, 2.45) is 0 Å². The minimum absolute atomic E-state index is 0.906. The highest BCUT2D eigenvalue weighted by atomic mass is 79.9. The predicted molar refractivity (Wildman–Crippen MR) is 61.9 cm³/mol. The van der Waals surface area contributed by atoms with Gasteiger partial charge in [0.25, 0.3) is 0 Å². The van der Waals surface area contributed by atoms with Gasteiger partial charge in [0.15, 0.2) is 0 Å². The Balaban J connectivity index is 3.00. The zero-order valence-electron chi connectivity index (χ0n) is 7.01. The van der Waals surface area contributed by atoms with Crippen LogP contribution in [0, 0.1) is 6.92 Å². The first kappa shape index (κ1) is 9.16. The molecule has 0 unspecified atom stereocenters. The second-order valence-electron chi connectivity index (χ2n) is 2.89. The number of pyridine rings is 1. The monoisotopic (exact) mass is 299 g/mol. The number of nitrogens with zero attached hydrogens (tertiary/aromatic N) is 1. The molecule has 1 aromatic carbocycles. The number of halogens is 2. The number of aromatic nitrogens is 1. The van der Waals surface area contributed by atoms with Gasteiger partial charge in [-0.3, -0.25) is 0 Å². The van der Waals surface area contributed by atoms with Crippen molar-refractivity contribution in [3.05, 3.63) is 39.0 Å². The molecule has 0 saturated heterocycles. The summed E-state index contributed by atoms with van der Waals surface area (Å²) in [5, 5.41) is 2.37. The SMILES string of the molecule is Cc1cccc2c(Br)cnc(Br)c12. The third-order valence-electron chi connectivity index (χ3n) is 2.03. The lowest BCUT2D eigenvalue weighted by Gasteiger charge is -2.04. The standard InChI is InChI=1S/C10H7Br2N/c1-6-3-2-4-7-8(11)5-13-10(12)9(6)7/h2-5H,1H3. The molecular weight excluding hydrogens is 294 g/mol. The average molecular weight is 301 g/mol. The highest BCUT2D eigenvalue weighted by Crippen LogP contribution is 2.30. The first-order valence-corrected chi connectivity index (χ1v) is 5.48. The molecule has 66 valence electrons. The van der Waals surface area contributed by atoms with E-state index in [4.69, 9.17) is 0 Å². The van der Waals surface area contributed by atoms with Crippen LogP contribution in [0.3, 0.4) is 0 Å². The van der Waals surface area contributed by atoms with Gasteiger partial charge in [-0.1, -0.05) is 18.2 Å². The molecule has 0 spiro atoms. The van der Waals surface area contributed by atoms with E-state index in [0.717, 1.165) is 9.08 Å². The van der Waals surface area contributed by atoms with Gasteiger partial charge in [-0.25, -0.2) is 4.98 Å². The summed E-state index contributed by atoms with van der Waals surface area (Å²) < 4.78 is 1.94. The molecule has 0 atom stereocenters. The molecule has 0 aliphatic heterocycles. The quantitative estimate of drug-likeness (QED) is 0.668. The van der Waals surface area contributed by atoms with Crippen LogP contribution in [0.1, 0.15) is 5.56 Å². The molecule has 1 heterocycles. The third-order valence-corrected chi connectivity index (χ3v) is 3.26. The van der Waals surface area contributed by atoms with E-state index in [9.17, 15) is 0 Å². The van der Waals surface area contributed by atoms with Crippen molar-refractivity contribution >= 4 is 42.6 Å². The van der Waals surface area contributed by atoms with E-state index in [1.165, 1.54) is 16.3 Å². The first-order chi connectivity index (χ1) is 6.20. The molecule has 13 heavy (non-hydrogen) atoms. The summed E-state index contributed by atoms with van der Waals surface area (Å²) >= 11 is 6.93. The molecule has 0 radical (unpaired) electrons. The Bertz CT molecular complexity index is 457. The molecule has 0 bridgehead atoms. The van der Waals surface area contributed by atoms with Gasteiger partial charge in [0, 0.05) is 21.4 Å². The zero-order valence-corrected chi connectivity index (χ0v) is 10.2. The summed E-state index contributed by atoms with van der Waals surface area (Å²) in [7, 11) is 0. The molecule has 1 nitrogen and oxygen atoms in total. The number of rotatable bonds is 0. The molecule has 0 fully saturated rings. The van der Waals surface area contributed by atoms with E-state index < -0.39 is 0 Å². The minimum atomic E-state index is 0.906. The summed E-state index contributed by atoms with van der Waals surface area (Å²) in [6.45, 7) is 2.08. The van der Waals surface area contributed by atoms with Gasteiger partial charge in [0.1, 0.15) is 4.60 Å². The Morgan fingerprint density at radius 1 is 1.23 bits per heavy atom. The van der Waals surface area contributed by atoms with Gasteiger partial charge in [-0.05, 0) is 44.3 Å². The third kappa shape index (κ3) is 1.51. The van der Waals surface area contributed by atoms with Crippen molar-refractivity contribution in [3.8, 4) is 0 Å². The fourth-order valence-electron chi connectivity index (χ4n) is 1.39. The number of hydrogen-bond donors (Lipinski definition) is 0. The van der Waals surface area contributed by atoms with E-state index in [2.05, 4.69) is 62.0 Å². The lowest BCUT2D eigenvalue weighted by Crippen LogP contribution is -1.84. The molecule has 0 aliphatic carbocycles. The van der Waals surface area contributed by atoms with Crippen molar-refractivity contribution < 1.29 is 0 Å². The summed E-state index contributed by atoms with van der Waals surface area (Å²) in [4.78, 5) is 4.24. The number of hydrogen-bond acceptors (Lipinski definition) is 1. The highest BCUT2D eigenvalue weighted by molar-refractivity contribution is 9.11. The van der Waals surface area contributed by atoms with E-state index in [0.29, 0.717) is 0 Å². The predicted octanol–water partition coefficient (Wildman–Crippen LogP) is 4.07. The lowest BCUT2D eigenvalue weighted by atomic mass is 10.1. The van der Waals surface area contributed by atoms with Crippen LogP contribution in [-0.2, 0) is 0 Å². The van der Waals surface area contributed by atoms with Crippen molar-refractivity contribution in [2.45, 2.75) is 6.92 Å². The summed E-state index contributed by atoms with van der Waals surface area (Å²) in [5.74, 6) is 0. The van der Waals surface area contributed by atoms with Crippen molar-refractivity contribution in [1.82, 2.24) is 4.98 Å². The van der Waals surface area contributed by atoms with Crippen LogP contribution >= 0.6 is 31.9 Å². The van der Waals surface area contributed by atoms with Crippen molar-refractivity contribution in [1.29, 1.82) is 0 Å². The minimum Gasteiger partial charge on any atom is -0.248 e. The van der Waals surface area contributed by atoms with Crippen LogP contribution in [-0.4, -0.2) is 4.98 Å². The fourth-order valence-corrected chi connectivity index (χ4v) is 2.45. The molecule has 0 amide bonds. The molecule has 2 rings (SSSR count). The summed E-state index contributed by atoms with van der Waals surface area (Å²) in [6, 6.07) is 6.22. The summed E-state index contributed by atoms with van der Waals surface area (Å²) in [6.07, 6.45) is 1.81. The highest BCUT2D eigenvalue weighted by Gasteiger charge is 2.05. The van der Waals surface area contributed by atoms with Crippen LogP contribution < -0.4 is 0 Å². The Morgan fingerprint density at radius 2 is 2.00 bits per heavy atom. The topological polar surface area (TPSA) is 12.9 Å². The largest absolute Gasteiger partial charge is 0.248 e. The molecule has 2 aromatic rings. The molecule has 0 aliphatic rings. The van der Waals surface area contributed by atoms with Crippen LogP contribution in [0.5, 0.6) is 0 Å². The first-order valence-electron chi connectivity index (χ1n) is 3.89. The van der Waals surface area contributed by atoms with Gasteiger partial charge in [-0.2, -0.15) is 0 Å². The van der Waals surface area contributed by atoms with Gasteiger partial charge in [-0.15, -0.1) is 0 Å². The van der Waals surface area contributed by atoms with E-state index in [1.807, 2.05) is 6.20 Å². The second-order valence-corrected chi connectivity index (χ2v) is 4.50. The maximum atomic E-state index is 4.24. The lowest BCUT2D eigenvalue weighted by molar-refractivity contribution is 1.29. The molecule has 0 N–H and O–H groups in total. The molecule has 3 heteroatoms. The van der Waals surface area contributed by atoms with Crippen LogP contribution in [0.2, 0.25) is 0 Å². The van der Waals surface area contributed by atoms with Crippen LogP contribution in [0.4, 0.5) is 0 Å². The molecule has 1 aromatic heterocycles. The number of aryl methyl sites for hydroxylation is 1. The summed E-state index contributed by atoms with van der Waals surface area (Å²) in [5.41, 5.74) is 1.23. The maximum absolute atomic E-state index is 4.24. The number of benzene rings is 1. The zero-order chi connectivity index (χ0) is 9.42. The van der Waals surface area contributed by atoms with Crippen molar-refractivity contribution in [2.75, 3.05) is 0 Å². The van der Waals surface area contributed by atoms with Crippen LogP contribution in [0.25, 0.3) is 10.8 Å². The Hall–Kier alpha value is -0.410. The maximum Gasteiger partial charge on any atom is 0.114 e. The van der Waals surface area contributed by atoms with Crippen molar-refractivity contribution in [3.63, 3.8) is 0 Å². The fraction of sp³-hybridized carbons (Fsp3) is 0.100. The Kier molecular flexibility index (Phi) is 2.39. The van der Waals surface area contributed by atoms with Gasteiger partial charge in [0.05, 0.1) is 0 Å². The van der Waals surface area contributed by atoms with E-state index in [1.54, 1.807) is 0 Å². The average Bonchev–Trinajstić information content (AvgIpc) is 2.12. The Morgan fingerprint density at radius 3 is 2.69 bits per heavy atom. The van der Waals surface area contributed by atoms with Gasteiger partial charge in [0.2, 0.25) is 0 Å². The number of fused-ring (bicyclic) bond motifs is 1. The smallest absolute Gasteiger partial charge is 0.114 e. The molecule has 0 saturated carbocycles. The van der Waals surface area contributed by atoms with Gasteiger partial charge >= 0.3 is 0 Å². The normalized spacial score (nSPS) is 10.7. The van der Waals surface area contributed by atoms with E-state index in [-0.39, 0.29) is 0 Å². The Labute approximate surface area is 93.4 Å². The van der Waals surface area contributed by atoms with Crippen LogP contribution in [0.15, 0.2) is 33.5 Å². The van der Waals surface area contributed by atoms with E-state index >= 15 is 0 Å². The van der Waals surface area contributed by atoms with Gasteiger partial charge < -0.3 is 0 Å². The molecular formula is C10H7Br2N. The second kappa shape index (κ2) is 3.39.